The number of aliphatic hydroxyl groups is 1. The van der Waals surface area contributed by atoms with Gasteiger partial charge in [0.15, 0.2) is 0 Å². The summed E-state index contributed by atoms with van der Waals surface area (Å²) in [6.45, 7) is 0.277. The molecule has 0 rings (SSSR count). The van der Waals surface area contributed by atoms with Crippen LogP contribution >= 0.6 is 0 Å². The molecule has 0 fully saturated rings. The molecular formula is C8H12F3NO. The Morgan fingerprint density at radius 1 is 1.38 bits per heavy atom. The van der Waals surface area contributed by atoms with E-state index in [1.807, 2.05) is 0 Å². The average molecular weight is 195 g/mol. The average Bonchev–Trinajstić information content (AvgIpc) is 1.98. The van der Waals surface area contributed by atoms with Crippen molar-refractivity contribution < 1.29 is 18.3 Å². The van der Waals surface area contributed by atoms with Crippen LogP contribution in [0.3, 0.4) is 0 Å². The Morgan fingerprint density at radius 3 is 2.38 bits per heavy atom. The van der Waals surface area contributed by atoms with Crippen LogP contribution < -0.4 is 0 Å². The van der Waals surface area contributed by atoms with Crippen LogP contribution in [0.2, 0.25) is 0 Å². The second-order valence-corrected chi connectivity index (χ2v) is 2.48. The topological polar surface area (TPSA) is 23.5 Å². The molecule has 76 valence electrons. The van der Waals surface area contributed by atoms with Gasteiger partial charge in [0, 0.05) is 6.54 Å². The van der Waals surface area contributed by atoms with Crippen molar-refractivity contribution in [2.75, 3.05) is 26.2 Å². The van der Waals surface area contributed by atoms with E-state index >= 15 is 0 Å². The van der Waals surface area contributed by atoms with Gasteiger partial charge in [0.1, 0.15) is 0 Å². The molecule has 0 heterocycles. The van der Waals surface area contributed by atoms with Gasteiger partial charge in [0.25, 0.3) is 0 Å². The fourth-order valence-corrected chi connectivity index (χ4v) is 0.800. The minimum Gasteiger partial charge on any atom is -0.395 e. The summed E-state index contributed by atoms with van der Waals surface area (Å²) < 4.78 is 35.7. The van der Waals surface area contributed by atoms with Crippen LogP contribution in [0.5, 0.6) is 0 Å². The number of aliphatic hydroxyl groups excluding tert-OH is 1. The normalized spacial score (nSPS) is 11.2. The molecule has 0 saturated heterocycles. The van der Waals surface area contributed by atoms with Gasteiger partial charge in [-0.2, -0.15) is 13.2 Å². The smallest absolute Gasteiger partial charge is 0.395 e. The van der Waals surface area contributed by atoms with E-state index in [0.717, 1.165) is 4.90 Å². The zero-order valence-corrected chi connectivity index (χ0v) is 7.36. The molecule has 0 amide bonds. The van der Waals surface area contributed by atoms with Gasteiger partial charge in [-0.25, -0.2) is 0 Å². The maximum atomic E-state index is 11.9. The third-order valence-electron chi connectivity index (χ3n) is 1.30. The molecule has 0 aliphatic carbocycles. The van der Waals surface area contributed by atoms with E-state index in [1.54, 1.807) is 6.92 Å². The van der Waals surface area contributed by atoms with Crippen molar-refractivity contribution in [2.24, 2.45) is 0 Å². The fraction of sp³-hybridized carbons (Fsp3) is 0.750. The van der Waals surface area contributed by atoms with E-state index in [-0.39, 0.29) is 19.7 Å². The highest BCUT2D eigenvalue weighted by atomic mass is 19.4. The summed E-state index contributed by atoms with van der Waals surface area (Å²) in [7, 11) is 0. The summed E-state index contributed by atoms with van der Waals surface area (Å²) in [5, 5.41) is 8.48. The Balaban J connectivity index is 3.98. The predicted octanol–water partition coefficient (Wildman–Crippen LogP) is 0.866. The van der Waals surface area contributed by atoms with E-state index in [9.17, 15) is 13.2 Å². The minimum absolute atomic E-state index is 0.00576. The van der Waals surface area contributed by atoms with Crippen LogP contribution in [0, 0.1) is 11.8 Å². The first-order valence-electron chi connectivity index (χ1n) is 3.79. The van der Waals surface area contributed by atoms with Gasteiger partial charge in [-0.3, -0.25) is 4.90 Å². The Morgan fingerprint density at radius 2 is 2.00 bits per heavy atom. The van der Waals surface area contributed by atoms with Gasteiger partial charge in [0.2, 0.25) is 0 Å². The number of rotatable bonds is 4. The van der Waals surface area contributed by atoms with Gasteiger partial charge in [-0.1, -0.05) is 5.92 Å². The number of hydrogen-bond donors (Lipinski definition) is 1. The summed E-state index contributed by atoms with van der Waals surface area (Å²) >= 11 is 0. The molecular weight excluding hydrogens is 183 g/mol. The van der Waals surface area contributed by atoms with Gasteiger partial charge in [-0.15, -0.1) is 5.92 Å². The zero-order valence-electron chi connectivity index (χ0n) is 7.36. The second kappa shape index (κ2) is 5.84. The van der Waals surface area contributed by atoms with E-state index in [4.69, 9.17) is 5.11 Å². The quantitative estimate of drug-likeness (QED) is 0.673. The summed E-state index contributed by atoms with van der Waals surface area (Å²) in [6.07, 6.45) is -4.23. The highest BCUT2D eigenvalue weighted by molar-refractivity contribution is 4.97. The molecule has 0 aliphatic heterocycles. The Labute approximate surface area is 75.3 Å². The van der Waals surface area contributed by atoms with Crippen molar-refractivity contribution in [3.05, 3.63) is 0 Å². The highest BCUT2D eigenvalue weighted by Crippen LogP contribution is 2.15. The number of hydrogen-bond acceptors (Lipinski definition) is 2. The van der Waals surface area contributed by atoms with Crippen molar-refractivity contribution in [1.82, 2.24) is 4.90 Å². The van der Waals surface area contributed by atoms with Gasteiger partial charge in [-0.05, 0) is 6.92 Å². The number of halogens is 3. The van der Waals surface area contributed by atoms with Crippen molar-refractivity contribution in [1.29, 1.82) is 0 Å². The van der Waals surface area contributed by atoms with Crippen LogP contribution in [0.15, 0.2) is 0 Å². The van der Waals surface area contributed by atoms with Crippen LogP contribution in [0.4, 0.5) is 13.2 Å². The lowest BCUT2D eigenvalue weighted by atomic mass is 10.4. The monoisotopic (exact) mass is 195 g/mol. The van der Waals surface area contributed by atoms with Gasteiger partial charge >= 0.3 is 6.18 Å². The molecule has 2 nitrogen and oxygen atoms in total. The third-order valence-corrected chi connectivity index (χ3v) is 1.30. The lowest BCUT2D eigenvalue weighted by molar-refractivity contribution is -0.145. The first-order chi connectivity index (χ1) is 5.99. The van der Waals surface area contributed by atoms with E-state index in [1.165, 1.54) is 0 Å². The predicted molar refractivity (Wildman–Crippen MR) is 43.0 cm³/mol. The summed E-state index contributed by atoms with van der Waals surface area (Å²) in [6, 6.07) is 0. The van der Waals surface area contributed by atoms with E-state index < -0.39 is 12.7 Å². The molecule has 0 bridgehead atoms. The molecule has 0 saturated carbocycles. The first kappa shape index (κ1) is 12.3. The largest absolute Gasteiger partial charge is 0.401 e. The van der Waals surface area contributed by atoms with E-state index in [0.29, 0.717) is 0 Å². The lowest BCUT2D eigenvalue weighted by Crippen LogP contribution is -2.36. The molecule has 13 heavy (non-hydrogen) atoms. The highest BCUT2D eigenvalue weighted by Gasteiger charge is 2.29. The minimum atomic E-state index is -4.23. The SMILES string of the molecule is CC#CCN(CCO)CC(F)(F)F. The molecule has 0 radical (unpaired) electrons. The van der Waals surface area contributed by atoms with Gasteiger partial charge < -0.3 is 5.11 Å². The van der Waals surface area contributed by atoms with Crippen molar-refractivity contribution >= 4 is 0 Å². The molecule has 0 aromatic rings. The Hall–Kier alpha value is -0.730. The van der Waals surface area contributed by atoms with Crippen LogP contribution in [-0.2, 0) is 0 Å². The molecule has 0 spiro atoms. The summed E-state index contributed by atoms with van der Waals surface area (Å²) in [4.78, 5) is 1.05. The fourth-order valence-electron chi connectivity index (χ4n) is 0.800. The maximum absolute atomic E-state index is 11.9. The maximum Gasteiger partial charge on any atom is 0.401 e. The van der Waals surface area contributed by atoms with Gasteiger partial charge in [0.05, 0.1) is 19.7 Å². The van der Waals surface area contributed by atoms with E-state index in [2.05, 4.69) is 11.8 Å². The molecule has 0 aromatic heterocycles. The van der Waals surface area contributed by atoms with Crippen LogP contribution in [0.1, 0.15) is 6.92 Å². The first-order valence-corrected chi connectivity index (χ1v) is 3.79. The molecule has 0 atom stereocenters. The van der Waals surface area contributed by atoms with Crippen molar-refractivity contribution in [2.45, 2.75) is 13.1 Å². The standard InChI is InChI=1S/C8H12F3NO/c1-2-3-4-12(5-6-13)7-8(9,10)11/h13H,4-7H2,1H3. The van der Waals surface area contributed by atoms with Crippen LogP contribution in [0.25, 0.3) is 0 Å². The lowest BCUT2D eigenvalue weighted by Gasteiger charge is -2.19. The third kappa shape index (κ3) is 7.62. The van der Waals surface area contributed by atoms with Crippen LogP contribution in [-0.4, -0.2) is 42.4 Å². The number of alkyl halides is 3. The summed E-state index contributed by atoms with van der Waals surface area (Å²) in [5.41, 5.74) is 0. The molecule has 0 unspecified atom stereocenters. The number of nitrogens with zero attached hydrogens (tertiary/aromatic N) is 1. The Bertz CT molecular complexity index is 192. The van der Waals surface area contributed by atoms with Crippen molar-refractivity contribution in [3.63, 3.8) is 0 Å². The second-order valence-electron chi connectivity index (χ2n) is 2.48. The molecule has 0 aromatic carbocycles. The van der Waals surface area contributed by atoms with Crippen molar-refractivity contribution in [3.8, 4) is 11.8 Å². The molecule has 1 N–H and O–H groups in total. The summed E-state index contributed by atoms with van der Waals surface area (Å²) in [5.74, 6) is 5.02. The Kier molecular flexibility index (Phi) is 5.51. The molecule has 5 heteroatoms. The molecule has 0 aliphatic rings. The zero-order chi connectivity index (χ0) is 10.3.